The molecule has 0 bridgehead atoms. The molecular formula is C12H20O. The summed E-state index contributed by atoms with van der Waals surface area (Å²) in [5, 5.41) is 0. The van der Waals surface area contributed by atoms with Gasteiger partial charge in [0.25, 0.3) is 0 Å². The van der Waals surface area contributed by atoms with Gasteiger partial charge in [-0.3, -0.25) is 0 Å². The normalized spacial score (nSPS) is 45.0. The molecule has 2 spiro atoms. The maximum absolute atomic E-state index is 6.08. The van der Waals surface area contributed by atoms with Crippen LogP contribution in [0.2, 0.25) is 0 Å². The molecule has 1 nitrogen and oxygen atoms in total. The minimum Gasteiger partial charge on any atom is -0.372 e. The van der Waals surface area contributed by atoms with Gasteiger partial charge in [0.15, 0.2) is 0 Å². The van der Waals surface area contributed by atoms with Crippen molar-refractivity contribution in [3.63, 3.8) is 0 Å². The smallest absolute Gasteiger partial charge is 0.0651 e. The van der Waals surface area contributed by atoms with Gasteiger partial charge in [-0.15, -0.1) is 0 Å². The van der Waals surface area contributed by atoms with Crippen LogP contribution in [0.15, 0.2) is 0 Å². The summed E-state index contributed by atoms with van der Waals surface area (Å²) in [4.78, 5) is 0. The third-order valence-corrected chi connectivity index (χ3v) is 4.46. The molecule has 3 rings (SSSR count). The number of rotatable bonds is 1. The molecule has 74 valence electrons. The lowest BCUT2D eigenvalue weighted by Gasteiger charge is -2.40. The summed E-state index contributed by atoms with van der Waals surface area (Å²) < 4.78 is 6.08. The lowest BCUT2D eigenvalue weighted by molar-refractivity contribution is -0.0619. The summed E-state index contributed by atoms with van der Waals surface area (Å²) in [6, 6.07) is 0. The SMILES string of the molecule is CC(C)(C)O[C@H]1C[C@@]12CCC21CC1. The highest BCUT2D eigenvalue weighted by Gasteiger charge is 2.77. The minimum atomic E-state index is 0.0693. The Kier molecular flexibility index (Phi) is 1.26. The second-order valence-electron chi connectivity index (χ2n) is 6.36. The zero-order valence-corrected chi connectivity index (χ0v) is 9.02. The first-order valence-electron chi connectivity index (χ1n) is 5.65. The molecule has 3 aliphatic carbocycles. The fourth-order valence-electron chi connectivity index (χ4n) is 3.37. The Morgan fingerprint density at radius 1 is 1.08 bits per heavy atom. The molecule has 0 saturated heterocycles. The summed E-state index contributed by atoms with van der Waals surface area (Å²) in [6.07, 6.45) is 7.92. The van der Waals surface area contributed by atoms with Gasteiger partial charge in [0.2, 0.25) is 0 Å². The van der Waals surface area contributed by atoms with Crippen LogP contribution < -0.4 is 0 Å². The Balaban J connectivity index is 1.66. The maximum Gasteiger partial charge on any atom is 0.0651 e. The Morgan fingerprint density at radius 2 is 1.69 bits per heavy atom. The van der Waals surface area contributed by atoms with E-state index in [0.717, 1.165) is 5.41 Å². The summed E-state index contributed by atoms with van der Waals surface area (Å²) >= 11 is 0. The van der Waals surface area contributed by atoms with Crippen LogP contribution in [-0.4, -0.2) is 11.7 Å². The Hall–Kier alpha value is -0.0400. The second-order valence-corrected chi connectivity index (χ2v) is 6.36. The average molecular weight is 180 g/mol. The molecule has 3 fully saturated rings. The van der Waals surface area contributed by atoms with Crippen molar-refractivity contribution in [1.29, 1.82) is 0 Å². The van der Waals surface area contributed by atoms with Gasteiger partial charge >= 0.3 is 0 Å². The minimum absolute atomic E-state index is 0.0693. The first-order chi connectivity index (χ1) is 5.98. The largest absolute Gasteiger partial charge is 0.372 e. The fraction of sp³-hybridized carbons (Fsp3) is 1.00. The van der Waals surface area contributed by atoms with E-state index in [0.29, 0.717) is 11.5 Å². The Labute approximate surface area is 80.8 Å². The van der Waals surface area contributed by atoms with Gasteiger partial charge in [0.05, 0.1) is 11.7 Å². The molecule has 2 atom stereocenters. The van der Waals surface area contributed by atoms with E-state index in [4.69, 9.17) is 4.74 Å². The van der Waals surface area contributed by atoms with E-state index in [1.807, 2.05) is 0 Å². The molecule has 0 N–H and O–H groups in total. The Bertz CT molecular complexity index is 246. The standard InChI is InChI=1S/C12H20O/c1-10(2,3)13-9-8-12(9)7-6-11(12)4-5-11/h9H,4-8H2,1-3H3/t9-,12-/m0/s1. The van der Waals surface area contributed by atoms with Crippen molar-refractivity contribution in [2.75, 3.05) is 0 Å². The van der Waals surface area contributed by atoms with E-state index < -0.39 is 0 Å². The Morgan fingerprint density at radius 3 is 2.08 bits per heavy atom. The lowest BCUT2D eigenvalue weighted by Crippen LogP contribution is -2.35. The molecule has 0 radical (unpaired) electrons. The predicted molar refractivity (Wildman–Crippen MR) is 52.6 cm³/mol. The van der Waals surface area contributed by atoms with Gasteiger partial charge in [0.1, 0.15) is 0 Å². The molecule has 1 heteroatoms. The molecule has 0 aromatic carbocycles. The highest BCUT2D eigenvalue weighted by atomic mass is 16.5. The topological polar surface area (TPSA) is 9.23 Å². The van der Waals surface area contributed by atoms with E-state index in [1.54, 1.807) is 0 Å². The van der Waals surface area contributed by atoms with E-state index in [-0.39, 0.29) is 5.60 Å². The molecule has 0 amide bonds. The van der Waals surface area contributed by atoms with Crippen molar-refractivity contribution in [3.8, 4) is 0 Å². The van der Waals surface area contributed by atoms with Gasteiger partial charge in [0, 0.05) is 5.41 Å². The molecule has 13 heavy (non-hydrogen) atoms. The molecular weight excluding hydrogens is 160 g/mol. The van der Waals surface area contributed by atoms with E-state index in [1.165, 1.54) is 32.1 Å². The highest BCUT2D eigenvalue weighted by Crippen LogP contribution is 2.82. The van der Waals surface area contributed by atoms with Crippen molar-refractivity contribution in [3.05, 3.63) is 0 Å². The third kappa shape index (κ3) is 0.971. The van der Waals surface area contributed by atoms with Crippen molar-refractivity contribution >= 4 is 0 Å². The van der Waals surface area contributed by atoms with Crippen molar-refractivity contribution in [2.24, 2.45) is 10.8 Å². The van der Waals surface area contributed by atoms with Gasteiger partial charge in [-0.2, -0.15) is 0 Å². The van der Waals surface area contributed by atoms with Crippen molar-refractivity contribution in [2.45, 2.75) is 64.6 Å². The number of hydrogen-bond donors (Lipinski definition) is 0. The van der Waals surface area contributed by atoms with Crippen LogP contribution in [0.3, 0.4) is 0 Å². The van der Waals surface area contributed by atoms with Crippen LogP contribution in [-0.2, 0) is 4.74 Å². The lowest BCUT2D eigenvalue weighted by atomic mass is 9.66. The van der Waals surface area contributed by atoms with Gasteiger partial charge in [-0.1, -0.05) is 0 Å². The molecule has 0 aromatic heterocycles. The summed E-state index contributed by atoms with van der Waals surface area (Å²) in [5.74, 6) is 0. The van der Waals surface area contributed by atoms with E-state index in [9.17, 15) is 0 Å². The molecule has 0 heterocycles. The van der Waals surface area contributed by atoms with Crippen LogP contribution in [0.1, 0.15) is 52.9 Å². The highest BCUT2D eigenvalue weighted by molar-refractivity contribution is 5.26. The van der Waals surface area contributed by atoms with Crippen LogP contribution in [0.25, 0.3) is 0 Å². The zero-order chi connectivity index (χ0) is 9.32. The predicted octanol–water partition coefficient (Wildman–Crippen LogP) is 3.13. The van der Waals surface area contributed by atoms with Crippen LogP contribution >= 0.6 is 0 Å². The fourth-order valence-corrected chi connectivity index (χ4v) is 3.37. The van der Waals surface area contributed by atoms with Crippen LogP contribution in [0, 0.1) is 10.8 Å². The number of ether oxygens (including phenoxy) is 1. The first kappa shape index (κ1) is 8.28. The van der Waals surface area contributed by atoms with Gasteiger partial charge in [-0.05, 0) is 58.3 Å². The van der Waals surface area contributed by atoms with Gasteiger partial charge < -0.3 is 4.74 Å². The number of fused-ring (bicyclic) bond motifs is 1. The molecule has 3 aliphatic rings. The first-order valence-corrected chi connectivity index (χ1v) is 5.65. The molecule has 0 unspecified atom stereocenters. The number of hydrogen-bond acceptors (Lipinski definition) is 1. The van der Waals surface area contributed by atoms with E-state index in [2.05, 4.69) is 20.8 Å². The molecule has 0 aromatic rings. The molecule has 3 saturated carbocycles. The summed E-state index contributed by atoms with van der Waals surface area (Å²) in [5.41, 5.74) is 1.54. The van der Waals surface area contributed by atoms with Crippen LogP contribution in [0.5, 0.6) is 0 Å². The average Bonchev–Trinajstić information content (AvgIpc) is 2.75. The monoisotopic (exact) mass is 180 g/mol. The maximum atomic E-state index is 6.08. The van der Waals surface area contributed by atoms with Crippen molar-refractivity contribution < 1.29 is 4.74 Å². The summed E-state index contributed by atoms with van der Waals surface area (Å²) in [7, 11) is 0. The summed E-state index contributed by atoms with van der Waals surface area (Å²) in [6.45, 7) is 6.53. The van der Waals surface area contributed by atoms with E-state index >= 15 is 0 Å². The van der Waals surface area contributed by atoms with Crippen LogP contribution in [0.4, 0.5) is 0 Å². The quantitative estimate of drug-likeness (QED) is 0.602. The van der Waals surface area contributed by atoms with Gasteiger partial charge in [-0.25, -0.2) is 0 Å². The second kappa shape index (κ2) is 1.98. The molecule has 0 aliphatic heterocycles. The third-order valence-electron chi connectivity index (χ3n) is 4.46. The van der Waals surface area contributed by atoms with Crippen molar-refractivity contribution in [1.82, 2.24) is 0 Å². The zero-order valence-electron chi connectivity index (χ0n) is 9.02.